The molecule has 0 aliphatic heterocycles. The summed E-state index contributed by atoms with van der Waals surface area (Å²) < 4.78 is 0. The Labute approximate surface area is 114 Å². The number of nitrogen functional groups attached to an aromatic ring is 1. The van der Waals surface area contributed by atoms with Crippen LogP contribution in [0.2, 0.25) is 10.0 Å². The topological polar surface area (TPSA) is 110 Å². The van der Waals surface area contributed by atoms with Crippen LogP contribution in [0.5, 0.6) is 0 Å². The first-order chi connectivity index (χ1) is 8.41. The quantitative estimate of drug-likeness (QED) is 0.490. The highest BCUT2D eigenvalue weighted by molar-refractivity contribution is 6.39. The Morgan fingerprint density at radius 1 is 1.11 bits per heavy atom. The van der Waals surface area contributed by atoms with Crippen molar-refractivity contribution in [1.82, 2.24) is 10.6 Å². The predicted octanol–water partition coefficient (Wildman–Crippen LogP) is 0.974. The third-order valence-electron chi connectivity index (χ3n) is 2.05. The highest BCUT2D eigenvalue weighted by atomic mass is 35.5. The van der Waals surface area contributed by atoms with Gasteiger partial charge in [-0.05, 0) is 12.1 Å². The minimum absolute atomic E-state index is 0.211. The summed E-state index contributed by atoms with van der Waals surface area (Å²) in [5.74, 6) is -0.370. The van der Waals surface area contributed by atoms with E-state index in [-0.39, 0.29) is 34.7 Å². The van der Waals surface area contributed by atoms with E-state index in [0.717, 1.165) is 0 Å². The molecular weight excluding hydrogens is 279 g/mol. The van der Waals surface area contributed by atoms with Gasteiger partial charge in [-0.15, -0.1) is 0 Å². The first kappa shape index (κ1) is 14.4. The van der Waals surface area contributed by atoms with Gasteiger partial charge in [0.15, 0.2) is 0 Å². The number of nitrogens with one attached hydrogen (secondary N) is 2. The number of urea groups is 1. The Hall–Kier alpha value is -1.66. The molecule has 0 saturated heterocycles. The fourth-order valence-electron chi connectivity index (χ4n) is 1.18. The van der Waals surface area contributed by atoms with Crippen molar-refractivity contribution in [1.29, 1.82) is 0 Å². The number of primary amides is 1. The van der Waals surface area contributed by atoms with Crippen molar-refractivity contribution < 1.29 is 9.59 Å². The van der Waals surface area contributed by atoms with Crippen LogP contribution in [0.25, 0.3) is 0 Å². The van der Waals surface area contributed by atoms with Gasteiger partial charge in [0.05, 0.1) is 15.7 Å². The van der Waals surface area contributed by atoms with Crippen molar-refractivity contribution in [2.45, 2.75) is 0 Å². The van der Waals surface area contributed by atoms with Crippen molar-refractivity contribution in [2.24, 2.45) is 5.73 Å². The number of hydrogen-bond donors (Lipinski definition) is 4. The van der Waals surface area contributed by atoms with Gasteiger partial charge in [-0.25, -0.2) is 4.79 Å². The van der Waals surface area contributed by atoms with E-state index in [1.54, 1.807) is 0 Å². The molecule has 0 bridgehead atoms. The van der Waals surface area contributed by atoms with E-state index in [4.69, 9.17) is 34.7 Å². The number of nitrogens with two attached hydrogens (primary N) is 2. The van der Waals surface area contributed by atoms with Crippen molar-refractivity contribution in [2.75, 3.05) is 18.8 Å². The lowest BCUT2D eigenvalue weighted by molar-refractivity contribution is 0.0954. The lowest BCUT2D eigenvalue weighted by Crippen LogP contribution is -2.37. The van der Waals surface area contributed by atoms with E-state index in [1.807, 2.05) is 0 Å². The molecule has 1 aromatic rings. The van der Waals surface area contributed by atoms with Gasteiger partial charge in [-0.3, -0.25) is 4.79 Å². The Morgan fingerprint density at radius 3 is 2.11 bits per heavy atom. The first-order valence-corrected chi connectivity index (χ1v) is 5.73. The zero-order chi connectivity index (χ0) is 13.7. The number of hydrogen-bond acceptors (Lipinski definition) is 3. The van der Waals surface area contributed by atoms with Gasteiger partial charge < -0.3 is 22.1 Å². The van der Waals surface area contributed by atoms with Gasteiger partial charge in [-0.2, -0.15) is 0 Å². The molecule has 18 heavy (non-hydrogen) atoms. The number of carbonyl (C=O) groups excluding carboxylic acids is 2. The van der Waals surface area contributed by atoms with Crippen LogP contribution in [-0.4, -0.2) is 25.0 Å². The van der Waals surface area contributed by atoms with Gasteiger partial charge in [0.25, 0.3) is 5.91 Å². The Morgan fingerprint density at radius 2 is 1.61 bits per heavy atom. The lowest BCUT2D eigenvalue weighted by Gasteiger charge is -2.08. The van der Waals surface area contributed by atoms with Crippen LogP contribution < -0.4 is 22.1 Å². The second-order valence-corrected chi connectivity index (χ2v) is 4.21. The molecule has 3 amide bonds. The molecule has 1 rings (SSSR count). The van der Waals surface area contributed by atoms with E-state index in [1.165, 1.54) is 12.1 Å². The third-order valence-corrected chi connectivity index (χ3v) is 2.68. The van der Waals surface area contributed by atoms with Gasteiger partial charge in [0.2, 0.25) is 0 Å². The zero-order valence-corrected chi connectivity index (χ0v) is 10.8. The van der Waals surface area contributed by atoms with Crippen LogP contribution in [0.15, 0.2) is 12.1 Å². The second kappa shape index (κ2) is 6.32. The number of amides is 3. The average molecular weight is 291 g/mol. The van der Waals surface area contributed by atoms with E-state index in [2.05, 4.69) is 10.6 Å². The standard InChI is InChI=1S/C10H12Cl2N4O2/c11-6-3-5(4-7(12)8(6)13)9(17)15-1-2-16-10(14)18/h3-4H,1-2,13H2,(H,15,17)(H3,14,16,18). The summed E-state index contributed by atoms with van der Waals surface area (Å²) in [4.78, 5) is 22.1. The van der Waals surface area contributed by atoms with E-state index in [9.17, 15) is 9.59 Å². The Bertz CT molecular complexity index is 456. The van der Waals surface area contributed by atoms with E-state index in [0.29, 0.717) is 5.56 Å². The Kier molecular flexibility index (Phi) is 5.06. The Balaban J connectivity index is 2.59. The minimum atomic E-state index is -0.650. The maximum absolute atomic E-state index is 11.7. The first-order valence-electron chi connectivity index (χ1n) is 4.98. The molecule has 0 heterocycles. The summed E-state index contributed by atoms with van der Waals surface area (Å²) in [5, 5.41) is 5.32. The number of carbonyl (C=O) groups is 2. The molecular formula is C10H12Cl2N4O2. The smallest absolute Gasteiger partial charge is 0.312 e. The van der Waals surface area contributed by atoms with Crippen LogP contribution in [0.3, 0.4) is 0 Å². The molecule has 6 N–H and O–H groups in total. The SMILES string of the molecule is NC(=O)NCCNC(=O)c1cc(Cl)c(N)c(Cl)c1. The van der Waals surface area contributed by atoms with Gasteiger partial charge >= 0.3 is 6.03 Å². The van der Waals surface area contributed by atoms with E-state index < -0.39 is 6.03 Å². The maximum Gasteiger partial charge on any atom is 0.312 e. The van der Waals surface area contributed by atoms with Crippen molar-refractivity contribution >= 4 is 40.8 Å². The molecule has 0 saturated carbocycles. The zero-order valence-electron chi connectivity index (χ0n) is 9.30. The lowest BCUT2D eigenvalue weighted by atomic mass is 10.2. The molecule has 0 atom stereocenters. The highest BCUT2D eigenvalue weighted by Gasteiger charge is 2.10. The monoisotopic (exact) mass is 290 g/mol. The van der Waals surface area contributed by atoms with Gasteiger partial charge in [0, 0.05) is 18.7 Å². The number of benzene rings is 1. The summed E-state index contributed by atoms with van der Waals surface area (Å²) in [7, 11) is 0. The van der Waals surface area contributed by atoms with Crippen LogP contribution >= 0.6 is 23.2 Å². The van der Waals surface area contributed by atoms with Crippen molar-refractivity contribution in [3.63, 3.8) is 0 Å². The summed E-state index contributed by atoms with van der Waals surface area (Å²) >= 11 is 11.6. The summed E-state index contributed by atoms with van der Waals surface area (Å²) in [5.41, 5.74) is 10.9. The largest absolute Gasteiger partial charge is 0.396 e. The second-order valence-electron chi connectivity index (χ2n) is 3.40. The molecule has 98 valence electrons. The van der Waals surface area contributed by atoms with E-state index >= 15 is 0 Å². The predicted molar refractivity (Wildman–Crippen MR) is 70.8 cm³/mol. The van der Waals surface area contributed by atoms with Gasteiger partial charge in [0.1, 0.15) is 0 Å². The van der Waals surface area contributed by atoms with Crippen LogP contribution in [-0.2, 0) is 0 Å². The molecule has 0 radical (unpaired) electrons. The summed E-state index contributed by atoms with van der Waals surface area (Å²) in [6.07, 6.45) is 0. The highest BCUT2D eigenvalue weighted by Crippen LogP contribution is 2.28. The van der Waals surface area contributed by atoms with Crippen molar-refractivity contribution in [3.8, 4) is 0 Å². The summed E-state index contributed by atoms with van der Waals surface area (Å²) in [6.45, 7) is 0.471. The molecule has 0 unspecified atom stereocenters. The number of rotatable bonds is 4. The molecule has 0 spiro atoms. The fourth-order valence-corrected chi connectivity index (χ4v) is 1.67. The molecule has 6 nitrogen and oxygen atoms in total. The fraction of sp³-hybridized carbons (Fsp3) is 0.200. The third kappa shape index (κ3) is 3.97. The number of anilines is 1. The molecule has 0 fully saturated rings. The van der Waals surface area contributed by atoms with Gasteiger partial charge in [-0.1, -0.05) is 23.2 Å². The molecule has 0 aliphatic carbocycles. The molecule has 1 aromatic carbocycles. The summed E-state index contributed by atoms with van der Waals surface area (Å²) in [6, 6.07) is 2.18. The maximum atomic E-state index is 11.7. The molecule has 0 aliphatic rings. The average Bonchev–Trinajstić information content (AvgIpc) is 2.30. The molecule has 8 heteroatoms. The van der Waals surface area contributed by atoms with Crippen LogP contribution in [0.1, 0.15) is 10.4 Å². The number of halogens is 2. The molecule has 0 aromatic heterocycles. The van der Waals surface area contributed by atoms with Crippen LogP contribution in [0.4, 0.5) is 10.5 Å². The minimum Gasteiger partial charge on any atom is -0.396 e. The van der Waals surface area contributed by atoms with Crippen molar-refractivity contribution in [3.05, 3.63) is 27.7 Å². The normalized spacial score (nSPS) is 9.89. The van der Waals surface area contributed by atoms with Crippen LogP contribution in [0, 0.1) is 0 Å².